The number of nitrogen functional groups attached to an aromatic ring is 1. The van der Waals surface area contributed by atoms with Gasteiger partial charge in [-0.3, -0.25) is 0 Å². The van der Waals surface area contributed by atoms with E-state index in [1.807, 2.05) is 17.5 Å². The zero-order valence-electron chi connectivity index (χ0n) is 7.78. The maximum Gasteiger partial charge on any atom is 0.142 e. The minimum atomic E-state index is 0.0487. The van der Waals surface area contributed by atoms with E-state index in [9.17, 15) is 0 Å². The Labute approximate surface area is 85.7 Å². The molecule has 1 aromatic heterocycles. The van der Waals surface area contributed by atoms with E-state index in [1.54, 1.807) is 18.4 Å². The van der Waals surface area contributed by atoms with Crippen LogP contribution in [0.15, 0.2) is 17.5 Å². The molecule has 0 saturated heterocycles. The number of thiophene rings is 1. The van der Waals surface area contributed by atoms with Crippen molar-refractivity contribution in [2.24, 2.45) is 0 Å². The van der Waals surface area contributed by atoms with E-state index in [0.717, 1.165) is 15.6 Å². The molecule has 2 aromatic rings. The zero-order valence-corrected chi connectivity index (χ0v) is 8.60. The van der Waals surface area contributed by atoms with Crippen molar-refractivity contribution in [2.45, 2.75) is 6.61 Å². The largest absolute Gasteiger partial charge is 0.495 e. The lowest BCUT2D eigenvalue weighted by Gasteiger charge is -2.04. The maximum atomic E-state index is 9.09. The van der Waals surface area contributed by atoms with Gasteiger partial charge in [0.2, 0.25) is 0 Å². The van der Waals surface area contributed by atoms with Gasteiger partial charge in [-0.05, 0) is 23.1 Å². The van der Waals surface area contributed by atoms with Crippen molar-refractivity contribution in [1.82, 2.24) is 0 Å². The summed E-state index contributed by atoms with van der Waals surface area (Å²) in [5.74, 6) is 0.658. The molecule has 1 aromatic carbocycles. The number of methoxy groups -OCH3 is 1. The molecular formula is C10H11NO2S. The number of rotatable bonds is 2. The van der Waals surface area contributed by atoms with Crippen molar-refractivity contribution in [3.05, 3.63) is 23.1 Å². The van der Waals surface area contributed by atoms with Gasteiger partial charge in [0.15, 0.2) is 0 Å². The molecule has 0 bridgehead atoms. The third kappa shape index (κ3) is 1.32. The number of aliphatic hydroxyl groups excluding tert-OH is 1. The first-order valence-corrected chi connectivity index (χ1v) is 5.08. The van der Waals surface area contributed by atoms with Crippen LogP contribution in [0.5, 0.6) is 5.75 Å². The number of ether oxygens (including phenoxy) is 1. The van der Waals surface area contributed by atoms with E-state index >= 15 is 0 Å². The Hall–Kier alpha value is -1.26. The minimum absolute atomic E-state index is 0.0487. The van der Waals surface area contributed by atoms with Crippen molar-refractivity contribution >= 4 is 27.1 Å². The number of fused-ring (bicyclic) bond motifs is 1. The average Bonchev–Trinajstić information content (AvgIpc) is 2.58. The number of anilines is 1. The highest BCUT2D eigenvalue weighted by Gasteiger charge is 2.07. The summed E-state index contributed by atoms with van der Waals surface area (Å²) >= 11 is 1.58. The highest BCUT2D eigenvalue weighted by atomic mass is 32.1. The third-order valence-corrected chi connectivity index (χ3v) is 3.17. The van der Waals surface area contributed by atoms with Crippen LogP contribution in [0.2, 0.25) is 0 Å². The SMILES string of the molecule is COc1cc2c(CO)csc2cc1N. The van der Waals surface area contributed by atoms with E-state index in [0.29, 0.717) is 11.4 Å². The van der Waals surface area contributed by atoms with E-state index in [1.165, 1.54) is 0 Å². The number of nitrogens with two attached hydrogens (primary N) is 1. The molecule has 0 aliphatic rings. The Kier molecular flexibility index (Phi) is 2.31. The highest BCUT2D eigenvalue weighted by Crippen LogP contribution is 2.33. The first-order valence-electron chi connectivity index (χ1n) is 4.20. The van der Waals surface area contributed by atoms with Crippen molar-refractivity contribution in [2.75, 3.05) is 12.8 Å². The van der Waals surface area contributed by atoms with Gasteiger partial charge in [-0.2, -0.15) is 0 Å². The van der Waals surface area contributed by atoms with Crippen LogP contribution in [0.4, 0.5) is 5.69 Å². The molecule has 0 amide bonds. The molecular weight excluding hydrogens is 198 g/mol. The second kappa shape index (κ2) is 3.48. The Morgan fingerprint density at radius 3 is 2.93 bits per heavy atom. The first-order chi connectivity index (χ1) is 6.76. The van der Waals surface area contributed by atoms with E-state index in [-0.39, 0.29) is 6.61 Å². The topological polar surface area (TPSA) is 55.5 Å². The fourth-order valence-corrected chi connectivity index (χ4v) is 2.40. The Balaban J connectivity index is 2.70. The van der Waals surface area contributed by atoms with Gasteiger partial charge in [-0.15, -0.1) is 11.3 Å². The van der Waals surface area contributed by atoms with Crippen molar-refractivity contribution in [3.63, 3.8) is 0 Å². The Morgan fingerprint density at radius 1 is 1.50 bits per heavy atom. The normalized spacial score (nSPS) is 10.7. The van der Waals surface area contributed by atoms with Gasteiger partial charge in [0, 0.05) is 10.1 Å². The van der Waals surface area contributed by atoms with Gasteiger partial charge < -0.3 is 15.6 Å². The molecule has 1 heterocycles. The molecule has 4 heteroatoms. The summed E-state index contributed by atoms with van der Waals surface area (Å²) < 4.78 is 6.20. The number of hydrogen-bond donors (Lipinski definition) is 2. The average molecular weight is 209 g/mol. The summed E-state index contributed by atoms with van der Waals surface area (Å²) in [6.45, 7) is 0.0487. The lowest BCUT2D eigenvalue weighted by Crippen LogP contribution is -1.91. The highest BCUT2D eigenvalue weighted by molar-refractivity contribution is 7.17. The van der Waals surface area contributed by atoms with Crippen LogP contribution < -0.4 is 10.5 Å². The van der Waals surface area contributed by atoms with Crippen molar-refractivity contribution in [3.8, 4) is 5.75 Å². The third-order valence-electron chi connectivity index (χ3n) is 2.18. The van der Waals surface area contributed by atoms with E-state index in [4.69, 9.17) is 15.6 Å². The molecule has 0 unspecified atom stereocenters. The van der Waals surface area contributed by atoms with Gasteiger partial charge >= 0.3 is 0 Å². The quantitative estimate of drug-likeness (QED) is 0.744. The summed E-state index contributed by atoms with van der Waals surface area (Å²) in [6, 6.07) is 3.74. The van der Waals surface area contributed by atoms with Crippen LogP contribution in [0, 0.1) is 0 Å². The molecule has 3 nitrogen and oxygen atoms in total. The molecule has 0 atom stereocenters. The first kappa shape index (κ1) is 9.30. The number of benzene rings is 1. The number of aliphatic hydroxyl groups is 1. The molecule has 74 valence electrons. The fraction of sp³-hybridized carbons (Fsp3) is 0.200. The van der Waals surface area contributed by atoms with Crippen LogP contribution in [-0.4, -0.2) is 12.2 Å². The Bertz CT molecular complexity index is 464. The van der Waals surface area contributed by atoms with E-state index in [2.05, 4.69) is 0 Å². The molecule has 3 N–H and O–H groups in total. The van der Waals surface area contributed by atoms with Gasteiger partial charge in [0.1, 0.15) is 5.75 Å². The molecule has 2 rings (SSSR count). The number of hydrogen-bond acceptors (Lipinski definition) is 4. The molecule has 0 aliphatic carbocycles. The lowest BCUT2D eigenvalue weighted by molar-refractivity contribution is 0.284. The maximum absolute atomic E-state index is 9.09. The smallest absolute Gasteiger partial charge is 0.142 e. The molecule has 0 saturated carbocycles. The molecule has 0 spiro atoms. The van der Waals surface area contributed by atoms with Crippen LogP contribution in [0.1, 0.15) is 5.56 Å². The van der Waals surface area contributed by atoms with Gasteiger partial charge in [-0.1, -0.05) is 0 Å². The van der Waals surface area contributed by atoms with Gasteiger partial charge in [0.25, 0.3) is 0 Å². The second-order valence-electron chi connectivity index (χ2n) is 3.01. The zero-order chi connectivity index (χ0) is 10.1. The predicted molar refractivity (Wildman–Crippen MR) is 58.7 cm³/mol. The molecule has 0 aliphatic heterocycles. The minimum Gasteiger partial charge on any atom is -0.495 e. The summed E-state index contributed by atoms with van der Waals surface area (Å²) in [4.78, 5) is 0. The van der Waals surface area contributed by atoms with Crippen molar-refractivity contribution in [1.29, 1.82) is 0 Å². The fourth-order valence-electron chi connectivity index (χ4n) is 1.42. The summed E-state index contributed by atoms with van der Waals surface area (Å²) in [5.41, 5.74) is 7.32. The molecule has 14 heavy (non-hydrogen) atoms. The molecule has 0 fully saturated rings. The van der Waals surface area contributed by atoms with E-state index < -0.39 is 0 Å². The van der Waals surface area contributed by atoms with Gasteiger partial charge in [0.05, 0.1) is 19.4 Å². The Morgan fingerprint density at radius 2 is 2.29 bits per heavy atom. The monoisotopic (exact) mass is 209 g/mol. The van der Waals surface area contributed by atoms with Crippen LogP contribution in [0.25, 0.3) is 10.1 Å². The van der Waals surface area contributed by atoms with Crippen LogP contribution >= 0.6 is 11.3 Å². The molecule has 0 radical (unpaired) electrons. The lowest BCUT2D eigenvalue weighted by atomic mass is 10.1. The van der Waals surface area contributed by atoms with Crippen LogP contribution in [0.3, 0.4) is 0 Å². The van der Waals surface area contributed by atoms with Crippen molar-refractivity contribution < 1.29 is 9.84 Å². The predicted octanol–water partition coefficient (Wildman–Crippen LogP) is 1.98. The summed E-state index contributed by atoms with van der Waals surface area (Å²) in [6.07, 6.45) is 0. The second-order valence-corrected chi connectivity index (χ2v) is 3.92. The standard InChI is InChI=1S/C10H11NO2S/c1-13-9-2-7-6(4-12)5-14-10(7)3-8(9)11/h2-3,5,12H,4,11H2,1H3. The summed E-state index contributed by atoms with van der Waals surface area (Å²) in [7, 11) is 1.59. The van der Waals surface area contributed by atoms with Gasteiger partial charge in [-0.25, -0.2) is 0 Å². The van der Waals surface area contributed by atoms with Crippen LogP contribution in [-0.2, 0) is 6.61 Å². The summed E-state index contributed by atoms with van der Waals surface area (Å²) in [5, 5.41) is 12.0.